The molecule has 1 rings (SSSR count). The van der Waals surface area contributed by atoms with E-state index in [-0.39, 0.29) is 21.3 Å². The number of hydrogen-bond donors (Lipinski definition) is 1. The van der Waals surface area contributed by atoms with Gasteiger partial charge in [0.1, 0.15) is 0 Å². The van der Waals surface area contributed by atoms with Crippen molar-refractivity contribution in [1.29, 1.82) is 0 Å². The monoisotopic (exact) mass is 345 g/mol. The molecule has 1 atom stereocenters. The summed E-state index contributed by atoms with van der Waals surface area (Å²) in [7, 11) is -5.68. The maximum absolute atomic E-state index is 12.4. The Hall–Kier alpha value is -1.18. The molecule has 0 bridgehead atoms. The van der Waals surface area contributed by atoms with E-state index in [4.69, 9.17) is 0 Å². The molecule has 0 aromatic carbocycles. The summed E-state index contributed by atoms with van der Waals surface area (Å²) in [5.41, 5.74) is -1.41. The van der Waals surface area contributed by atoms with E-state index in [0.29, 0.717) is 0 Å². The van der Waals surface area contributed by atoms with Crippen molar-refractivity contribution in [3.05, 3.63) is 47.3 Å². The summed E-state index contributed by atoms with van der Waals surface area (Å²) in [6.45, 7) is 10.4. The number of sulfone groups is 2. The molecule has 1 N–H and O–H groups in total. The van der Waals surface area contributed by atoms with Gasteiger partial charge in [0, 0.05) is 6.04 Å². The third kappa shape index (κ3) is 2.98. The average Bonchev–Trinajstić information content (AvgIpc) is 2.52. The summed E-state index contributed by atoms with van der Waals surface area (Å²) < 4.78 is 49.5. The number of allylic oxidation sites excluding steroid dienone is 2. The van der Waals surface area contributed by atoms with Gasteiger partial charge in [-0.2, -0.15) is 0 Å². The van der Waals surface area contributed by atoms with Crippen molar-refractivity contribution in [2.75, 3.05) is 18.6 Å². The lowest BCUT2D eigenvalue weighted by molar-refractivity contribution is 0.448. The van der Waals surface area contributed by atoms with Gasteiger partial charge in [-0.25, -0.2) is 16.8 Å². The summed E-state index contributed by atoms with van der Waals surface area (Å²) >= 11 is 0. The molecule has 0 radical (unpaired) electrons. The normalized spacial score (nSPS) is 20.8. The molecule has 0 aliphatic heterocycles. The van der Waals surface area contributed by atoms with Gasteiger partial charge in [-0.1, -0.05) is 51.3 Å². The van der Waals surface area contributed by atoms with Crippen LogP contribution in [0.3, 0.4) is 0 Å². The van der Waals surface area contributed by atoms with Crippen LogP contribution in [0.5, 0.6) is 0 Å². The van der Waals surface area contributed by atoms with E-state index < -0.39 is 31.1 Å². The molecule has 0 saturated carbocycles. The molecule has 1 aliphatic carbocycles. The fourth-order valence-electron chi connectivity index (χ4n) is 2.51. The molecule has 5 nitrogen and oxygen atoms in total. The average molecular weight is 345 g/mol. The molecule has 1 aliphatic rings. The van der Waals surface area contributed by atoms with E-state index in [1.54, 1.807) is 31.4 Å². The van der Waals surface area contributed by atoms with Crippen LogP contribution >= 0.6 is 0 Å². The fourth-order valence-corrected chi connectivity index (χ4v) is 4.94. The highest BCUT2D eigenvalue weighted by Gasteiger charge is 2.49. The van der Waals surface area contributed by atoms with Crippen molar-refractivity contribution in [1.82, 2.24) is 5.32 Å². The Labute approximate surface area is 133 Å². The minimum Gasteiger partial charge on any atom is -0.312 e. The number of nitrogens with one attached hydrogen (secondary N) is 1. The Bertz CT molecular complexity index is 682. The van der Waals surface area contributed by atoms with E-state index in [0.717, 1.165) is 0 Å². The Morgan fingerprint density at radius 1 is 1.05 bits per heavy atom. The molecular formula is C15H23NO4S2. The second kappa shape index (κ2) is 6.52. The molecular weight excluding hydrogens is 322 g/mol. The van der Waals surface area contributed by atoms with Gasteiger partial charge in [-0.3, -0.25) is 0 Å². The third-order valence-electron chi connectivity index (χ3n) is 4.01. The molecule has 22 heavy (non-hydrogen) atoms. The smallest absolute Gasteiger partial charge is 0.175 e. The summed E-state index contributed by atoms with van der Waals surface area (Å²) in [5.74, 6) is -0.304. The van der Waals surface area contributed by atoms with Crippen LogP contribution in [0.4, 0.5) is 0 Å². The van der Waals surface area contributed by atoms with E-state index >= 15 is 0 Å². The van der Waals surface area contributed by atoms with Gasteiger partial charge in [0.25, 0.3) is 0 Å². The van der Waals surface area contributed by atoms with Crippen LogP contribution in [0.1, 0.15) is 13.8 Å². The van der Waals surface area contributed by atoms with E-state index in [1.165, 1.54) is 13.8 Å². The van der Waals surface area contributed by atoms with Crippen molar-refractivity contribution in [3.63, 3.8) is 0 Å². The van der Waals surface area contributed by atoms with Crippen LogP contribution in [0.15, 0.2) is 47.3 Å². The highest BCUT2D eigenvalue weighted by molar-refractivity contribution is 7.96. The Kier molecular flexibility index (Phi) is 5.59. The number of rotatable bonds is 7. The first kappa shape index (κ1) is 18.9. The lowest BCUT2D eigenvalue weighted by atomic mass is 9.77. The van der Waals surface area contributed by atoms with Gasteiger partial charge >= 0.3 is 0 Å². The van der Waals surface area contributed by atoms with Gasteiger partial charge in [0.15, 0.2) is 19.7 Å². The van der Waals surface area contributed by atoms with E-state index in [9.17, 15) is 16.8 Å². The molecule has 1 unspecified atom stereocenters. The van der Waals surface area contributed by atoms with Crippen molar-refractivity contribution in [2.45, 2.75) is 19.9 Å². The second-order valence-electron chi connectivity index (χ2n) is 5.03. The highest BCUT2D eigenvalue weighted by Crippen LogP contribution is 2.46. The molecule has 0 saturated heterocycles. The van der Waals surface area contributed by atoms with Crippen molar-refractivity contribution in [2.24, 2.45) is 5.41 Å². The predicted octanol–water partition coefficient (Wildman–Crippen LogP) is 1.58. The maximum atomic E-state index is 12.4. The van der Waals surface area contributed by atoms with Gasteiger partial charge in [0.05, 0.1) is 26.7 Å². The highest BCUT2D eigenvalue weighted by atomic mass is 32.2. The van der Waals surface area contributed by atoms with Gasteiger partial charge in [-0.05, 0) is 7.05 Å². The lowest BCUT2D eigenvalue weighted by Crippen LogP contribution is -2.48. The van der Waals surface area contributed by atoms with Crippen molar-refractivity contribution < 1.29 is 16.8 Å². The molecule has 0 spiro atoms. The Morgan fingerprint density at radius 3 is 1.86 bits per heavy atom. The predicted molar refractivity (Wildman–Crippen MR) is 90.8 cm³/mol. The lowest BCUT2D eigenvalue weighted by Gasteiger charge is -2.40. The largest absolute Gasteiger partial charge is 0.312 e. The van der Waals surface area contributed by atoms with Gasteiger partial charge < -0.3 is 5.32 Å². The Balaban J connectivity index is 3.68. The summed E-state index contributed by atoms with van der Waals surface area (Å²) in [6.07, 6.45) is 6.63. The van der Waals surface area contributed by atoms with Crippen LogP contribution in [0.25, 0.3) is 0 Å². The van der Waals surface area contributed by atoms with Crippen molar-refractivity contribution in [3.8, 4) is 0 Å². The van der Waals surface area contributed by atoms with Gasteiger partial charge in [-0.15, -0.1) is 0 Å². The van der Waals surface area contributed by atoms with Crippen LogP contribution in [0, 0.1) is 5.41 Å². The zero-order valence-electron chi connectivity index (χ0n) is 13.2. The molecule has 7 heteroatoms. The molecule has 0 amide bonds. The SMILES string of the molecule is C=C(C1(C(=C)S(=O)(=O)CC)C=CC=CC1NC)S(=O)(=O)CC. The van der Waals surface area contributed by atoms with Crippen LogP contribution in [-0.4, -0.2) is 41.4 Å². The number of hydrogen-bond acceptors (Lipinski definition) is 5. The topological polar surface area (TPSA) is 80.3 Å². The van der Waals surface area contributed by atoms with Crippen LogP contribution < -0.4 is 5.32 Å². The molecule has 0 aromatic heterocycles. The quantitative estimate of drug-likeness (QED) is 0.758. The summed E-state index contributed by atoms with van der Waals surface area (Å²) in [5, 5.41) is 2.96. The first-order chi connectivity index (χ1) is 10.1. The molecule has 0 aromatic rings. The first-order valence-electron chi connectivity index (χ1n) is 6.97. The third-order valence-corrected chi connectivity index (χ3v) is 7.71. The fraction of sp³-hybridized carbons (Fsp3) is 0.467. The van der Waals surface area contributed by atoms with E-state index in [1.807, 2.05) is 0 Å². The minimum atomic E-state index is -3.66. The maximum Gasteiger partial charge on any atom is 0.175 e. The second-order valence-corrected chi connectivity index (χ2v) is 9.63. The van der Waals surface area contributed by atoms with Crippen LogP contribution in [0.2, 0.25) is 0 Å². The zero-order valence-corrected chi connectivity index (χ0v) is 14.8. The number of likely N-dealkylation sites (N-methyl/N-ethyl adjacent to an activating group) is 1. The Morgan fingerprint density at radius 2 is 1.50 bits per heavy atom. The zero-order chi connectivity index (χ0) is 17.2. The molecule has 0 fully saturated rings. The molecule has 124 valence electrons. The van der Waals surface area contributed by atoms with Gasteiger partial charge in [0.2, 0.25) is 0 Å². The van der Waals surface area contributed by atoms with Crippen molar-refractivity contribution >= 4 is 19.7 Å². The summed E-state index contributed by atoms with van der Waals surface area (Å²) in [4.78, 5) is -0.297. The first-order valence-corrected chi connectivity index (χ1v) is 10.3. The summed E-state index contributed by atoms with van der Waals surface area (Å²) in [6, 6.07) is -0.555. The van der Waals surface area contributed by atoms with Crippen LogP contribution in [-0.2, 0) is 19.7 Å². The van der Waals surface area contributed by atoms with E-state index in [2.05, 4.69) is 18.5 Å². The minimum absolute atomic E-state index is 0.149. The standard InChI is InChI=1S/C15H23NO4S2/c1-6-21(17,18)12(3)15(13(4)22(19,20)7-2)11-9-8-10-14(15)16-5/h8-11,14,16H,3-4,6-7H2,1-2,5H3. The molecule has 0 heterocycles.